The molecule has 16 heavy (non-hydrogen) atoms. The number of hydrogen-bond donors (Lipinski definition) is 0. The van der Waals surface area contributed by atoms with Crippen molar-refractivity contribution in [3.05, 3.63) is 5.28 Å². The van der Waals surface area contributed by atoms with Gasteiger partial charge in [0.1, 0.15) is 0 Å². The Bertz CT molecular complexity index is 381. The van der Waals surface area contributed by atoms with Gasteiger partial charge in [0, 0.05) is 27.2 Å². The van der Waals surface area contributed by atoms with E-state index in [0.29, 0.717) is 17.8 Å². The molecular weight excluding hydrogens is 226 g/mol. The predicted molar refractivity (Wildman–Crippen MR) is 65.2 cm³/mol. The zero-order chi connectivity index (χ0) is 11.7. The van der Waals surface area contributed by atoms with Crippen molar-refractivity contribution in [2.75, 3.05) is 37.0 Å². The molecule has 0 bridgehead atoms. The molecule has 5 nitrogen and oxygen atoms in total. The van der Waals surface area contributed by atoms with Crippen molar-refractivity contribution >= 4 is 23.5 Å². The second-order valence-electron chi connectivity index (χ2n) is 4.44. The van der Waals surface area contributed by atoms with Gasteiger partial charge in [-0.2, -0.15) is 15.0 Å². The second kappa shape index (κ2) is 4.41. The summed E-state index contributed by atoms with van der Waals surface area (Å²) in [5.74, 6) is 1.99. The topological polar surface area (TPSA) is 45.2 Å². The molecule has 1 aliphatic rings. The summed E-state index contributed by atoms with van der Waals surface area (Å²) >= 11 is 5.89. The number of aromatic nitrogens is 3. The van der Waals surface area contributed by atoms with Gasteiger partial charge in [-0.3, -0.25) is 0 Å². The molecule has 2 rings (SSSR count). The first-order valence-electron chi connectivity index (χ1n) is 5.40. The number of rotatable bonds is 2. The van der Waals surface area contributed by atoms with Crippen molar-refractivity contribution in [2.24, 2.45) is 5.92 Å². The maximum absolute atomic E-state index is 5.89. The zero-order valence-corrected chi connectivity index (χ0v) is 10.6. The predicted octanol–water partition coefficient (Wildman–Crippen LogP) is 1.44. The lowest BCUT2D eigenvalue weighted by molar-refractivity contribution is 0.658. The standard InChI is InChI=1S/C10H16ClN5/c1-7-4-5-16(6-7)10-13-8(11)12-9(14-10)15(2)3/h7H,4-6H2,1-3H3. The van der Waals surface area contributed by atoms with E-state index in [2.05, 4.69) is 26.8 Å². The molecule has 1 aromatic rings. The van der Waals surface area contributed by atoms with Gasteiger partial charge in [-0.05, 0) is 23.9 Å². The Labute approximate surface area is 100 Å². The minimum Gasteiger partial charge on any atom is -0.347 e. The van der Waals surface area contributed by atoms with E-state index >= 15 is 0 Å². The van der Waals surface area contributed by atoms with Gasteiger partial charge in [0.05, 0.1) is 0 Å². The maximum atomic E-state index is 5.89. The molecule has 1 atom stereocenters. The Morgan fingerprint density at radius 2 is 2.06 bits per heavy atom. The van der Waals surface area contributed by atoms with Gasteiger partial charge in [-0.25, -0.2) is 0 Å². The molecule has 1 fully saturated rings. The largest absolute Gasteiger partial charge is 0.347 e. The Morgan fingerprint density at radius 1 is 1.31 bits per heavy atom. The van der Waals surface area contributed by atoms with Gasteiger partial charge in [-0.1, -0.05) is 6.92 Å². The van der Waals surface area contributed by atoms with Crippen LogP contribution in [0.3, 0.4) is 0 Å². The molecule has 0 N–H and O–H groups in total. The van der Waals surface area contributed by atoms with E-state index in [0.717, 1.165) is 13.1 Å². The molecular formula is C10H16ClN5. The van der Waals surface area contributed by atoms with E-state index < -0.39 is 0 Å². The SMILES string of the molecule is CC1CCN(c2nc(Cl)nc(N(C)C)n2)C1. The third kappa shape index (κ3) is 2.35. The lowest BCUT2D eigenvalue weighted by Crippen LogP contribution is -2.23. The molecule has 88 valence electrons. The fourth-order valence-corrected chi connectivity index (χ4v) is 1.94. The molecule has 1 aliphatic heterocycles. The summed E-state index contributed by atoms with van der Waals surface area (Å²) in [7, 11) is 3.78. The van der Waals surface area contributed by atoms with Crippen LogP contribution in [0, 0.1) is 5.92 Å². The van der Waals surface area contributed by atoms with Crippen LogP contribution in [0.1, 0.15) is 13.3 Å². The van der Waals surface area contributed by atoms with Gasteiger partial charge in [0.2, 0.25) is 17.2 Å². The summed E-state index contributed by atoms with van der Waals surface area (Å²) in [6.45, 7) is 4.22. The lowest BCUT2D eigenvalue weighted by Gasteiger charge is -2.18. The summed E-state index contributed by atoms with van der Waals surface area (Å²) in [4.78, 5) is 16.6. The van der Waals surface area contributed by atoms with Crippen LogP contribution in [-0.2, 0) is 0 Å². The Morgan fingerprint density at radius 3 is 2.62 bits per heavy atom. The molecule has 0 aromatic carbocycles. The lowest BCUT2D eigenvalue weighted by atomic mass is 10.2. The average Bonchev–Trinajstić information content (AvgIpc) is 2.64. The monoisotopic (exact) mass is 241 g/mol. The maximum Gasteiger partial charge on any atom is 0.231 e. The van der Waals surface area contributed by atoms with Gasteiger partial charge in [0.25, 0.3) is 0 Å². The first kappa shape index (κ1) is 11.4. The Balaban J connectivity index is 2.27. The molecule has 6 heteroatoms. The number of anilines is 2. The normalized spacial score (nSPS) is 20.2. The van der Waals surface area contributed by atoms with Crippen molar-refractivity contribution in [1.82, 2.24) is 15.0 Å². The quantitative estimate of drug-likeness (QED) is 0.784. The van der Waals surface area contributed by atoms with Gasteiger partial charge >= 0.3 is 0 Å². The molecule has 2 heterocycles. The average molecular weight is 242 g/mol. The minimum atomic E-state index is 0.258. The molecule has 0 spiro atoms. The second-order valence-corrected chi connectivity index (χ2v) is 4.78. The molecule has 0 radical (unpaired) electrons. The van der Waals surface area contributed by atoms with Crippen molar-refractivity contribution in [3.8, 4) is 0 Å². The summed E-state index contributed by atoms with van der Waals surface area (Å²) in [6.07, 6.45) is 1.18. The van der Waals surface area contributed by atoms with Crippen LogP contribution in [0.25, 0.3) is 0 Å². The van der Waals surface area contributed by atoms with Gasteiger partial charge < -0.3 is 9.80 Å². The fraction of sp³-hybridized carbons (Fsp3) is 0.700. The summed E-state index contributed by atoms with van der Waals surface area (Å²) in [6, 6.07) is 0. The highest BCUT2D eigenvalue weighted by Crippen LogP contribution is 2.22. The first-order valence-corrected chi connectivity index (χ1v) is 5.78. The van der Waals surface area contributed by atoms with E-state index in [1.54, 1.807) is 0 Å². The van der Waals surface area contributed by atoms with Crippen LogP contribution < -0.4 is 9.80 Å². The minimum absolute atomic E-state index is 0.258. The zero-order valence-electron chi connectivity index (χ0n) is 9.81. The van der Waals surface area contributed by atoms with E-state index in [9.17, 15) is 0 Å². The highest BCUT2D eigenvalue weighted by molar-refractivity contribution is 6.28. The van der Waals surface area contributed by atoms with Crippen molar-refractivity contribution in [1.29, 1.82) is 0 Å². The smallest absolute Gasteiger partial charge is 0.231 e. The van der Waals surface area contributed by atoms with Crippen LogP contribution in [-0.4, -0.2) is 42.1 Å². The third-order valence-corrected chi connectivity index (χ3v) is 2.86. The van der Waals surface area contributed by atoms with Gasteiger partial charge in [-0.15, -0.1) is 0 Å². The van der Waals surface area contributed by atoms with Crippen LogP contribution in [0.4, 0.5) is 11.9 Å². The van der Waals surface area contributed by atoms with Crippen molar-refractivity contribution in [3.63, 3.8) is 0 Å². The van der Waals surface area contributed by atoms with Crippen molar-refractivity contribution < 1.29 is 0 Å². The summed E-state index contributed by atoms with van der Waals surface area (Å²) in [5.41, 5.74) is 0. The number of hydrogen-bond acceptors (Lipinski definition) is 5. The molecule has 1 saturated heterocycles. The van der Waals surface area contributed by atoms with Gasteiger partial charge in [0.15, 0.2) is 0 Å². The van der Waals surface area contributed by atoms with E-state index in [1.807, 2.05) is 19.0 Å². The Hall–Kier alpha value is -1.10. The summed E-state index contributed by atoms with van der Waals surface area (Å²) in [5, 5.41) is 0.258. The van der Waals surface area contributed by atoms with E-state index in [4.69, 9.17) is 11.6 Å². The first-order chi connectivity index (χ1) is 7.56. The van der Waals surface area contributed by atoms with E-state index in [-0.39, 0.29) is 5.28 Å². The Kier molecular flexibility index (Phi) is 3.14. The van der Waals surface area contributed by atoms with Crippen LogP contribution >= 0.6 is 11.6 Å². The molecule has 1 unspecified atom stereocenters. The highest BCUT2D eigenvalue weighted by atomic mass is 35.5. The number of halogens is 1. The summed E-state index contributed by atoms with van der Waals surface area (Å²) < 4.78 is 0. The molecule has 0 aliphatic carbocycles. The van der Waals surface area contributed by atoms with Crippen molar-refractivity contribution in [2.45, 2.75) is 13.3 Å². The molecule has 0 saturated carbocycles. The molecule has 0 amide bonds. The third-order valence-electron chi connectivity index (χ3n) is 2.69. The molecule has 1 aromatic heterocycles. The van der Waals surface area contributed by atoms with Crippen LogP contribution in [0.2, 0.25) is 5.28 Å². The number of nitrogens with zero attached hydrogens (tertiary/aromatic N) is 5. The highest BCUT2D eigenvalue weighted by Gasteiger charge is 2.22. The fourth-order valence-electron chi connectivity index (χ4n) is 1.79. The van der Waals surface area contributed by atoms with Crippen LogP contribution in [0.5, 0.6) is 0 Å². The van der Waals surface area contributed by atoms with Crippen LogP contribution in [0.15, 0.2) is 0 Å². The van der Waals surface area contributed by atoms with E-state index in [1.165, 1.54) is 6.42 Å².